The van der Waals surface area contributed by atoms with Crippen molar-refractivity contribution in [3.05, 3.63) is 0 Å². The Morgan fingerprint density at radius 2 is 2.21 bits per heavy atom. The fraction of sp³-hybridized carbons (Fsp3) is 0.929. The Labute approximate surface area is 115 Å². The van der Waals surface area contributed by atoms with Gasteiger partial charge in [0.05, 0.1) is 13.2 Å². The monoisotopic (exact) mass is 267 g/mol. The number of likely N-dealkylation sites (N-methyl/N-ethyl adjacent to an activating group) is 1. The first-order valence-electron chi connectivity index (χ1n) is 7.48. The molecule has 1 N–H and O–H groups in total. The molecular weight excluding hydrogens is 242 g/mol. The van der Waals surface area contributed by atoms with Gasteiger partial charge in [-0.2, -0.15) is 0 Å². The second kappa shape index (κ2) is 5.29. The van der Waals surface area contributed by atoms with Crippen LogP contribution in [0.4, 0.5) is 0 Å². The predicted octanol–water partition coefficient (Wildman–Crippen LogP) is 1.20. The van der Waals surface area contributed by atoms with Gasteiger partial charge in [0.1, 0.15) is 6.10 Å². The number of nitrogens with one attached hydrogen (secondary N) is 1. The second-order valence-electron chi connectivity index (χ2n) is 6.15. The summed E-state index contributed by atoms with van der Waals surface area (Å²) in [6.07, 6.45) is 4.69. The number of rotatable bonds is 2. The van der Waals surface area contributed by atoms with Gasteiger partial charge >= 0.3 is 0 Å². The minimum absolute atomic E-state index is 0.158. The Morgan fingerprint density at radius 3 is 2.89 bits per heavy atom. The molecule has 0 bridgehead atoms. The summed E-state index contributed by atoms with van der Waals surface area (Å²) in [7, 11) is 2.06. The standard InChI is InChI=1S/C14H25N3O2/c1-11-3-5-14(6-4-11)18-10-12(19-14)9-16-13-15-7-8-17(13)2/h11-12H,3-10H2,1-2H3,(H,15,16). The van der Waals surface area contributed by atoms with E-state index in [0.29, 0.717) is 6.61 Å². The fourth-order valence-electron chi connectivity index (χ4n) is 3.11. The first-order valence-corrected chi connectivity index (χ1v) is 7.48. The molecule has 0 amide bonds. The fourth-order valence-corrected chi connectivity index (χ4v) is 3.11. The minimum atomic E-state index is -0.276. The molecule has 0 aromatic carbocycles. The van der Waals surface area contributed by atoms with Crippen molar-refractivity contribution in [3.63, 3.8) is 0 Å². The molecule has 2 heterocycles. The highest BCUT2D eigenvalue weighted by molar-refractivity contribution is 5.81. The summed E-state index contributed by atoms with van der Waals surface area (Å²) in [4.78, 5) is 6.57. The van der Waals surface area contributed by atoms with Gasteiger partial charge in [0, 0.05) is 33.0 Å². The van der Waals surface area contributed by atoms with E-state index in [0.717, 1.165) is 44.4 Å². The summed E-state index contributed by atoms with van der Waals surface area (Å²) in [5.41, 5.74) is 0. The number of ether oxygens (including phenoxy) is 2. The van der Waals surface area contributed by atoms with Crippen LogP contribution in [-0.2, 0) is 9.47 Å². The number of hydrogen-bond acceptors (Lipinski definition) is 5. The van der Waals surface area contributed by atoms with Gasteiger partial charge < -0.3 is 19.7 Å². The number of aliphatic imine (C=N–C) groups is 1. The third kappa shape index (κ3) is 2.87. The molecule has 0 aromatic rings. The first-order chi connectivity index (χ1) is 9.17. The molecular formula is C14H25N3O2. The van der Waals surface area contributed by atoms with E-state index < -0.39 is 0 Å². The lowest BCUT2D eigenvalue weighted by Gasteiger charge is -2.34. The molecule has 1 saturated carbocycles. The van der Waals surface area contributed by atoms with E-state index in [2.05, 4.69) is 29.2 Å². The first kappa shape index (κ1) is 13.2. The number of nitrogens with zero attached hydrogens (tertiary/aromatic N) is 2. The third-order valence-electron chi connectivity index (χ3n) is 4.50. The normalized spacial score (nSPS) is 38.8. The van der Waals surface area contributed by atoms with Gasteiger partial charge in [0.15, 0.2) is 11.7 Å². The van der Waals surface area contributed by atoms with Crippen molar-refractivity contribution in [2.75, 3.05) is 33.3 Å². The molecule has 2 fully saturated rings. The van der Waals surface area contributed by atoms with E-state index in [-0.39, 0.29) is 11.9 Å². The minimum Gasteiger partial charge on any atom is -0.354 e. The van der Waals surface area contributed by atoms with Crippen LogP contribution in [0.3, 0.4) is 0 Å². The van der Waals surface area contributed by atoms with Gasteiger partial charge in [0.2, 0.25) is 0 Å². The summed E-state index contributed by atoms with van der Waals surface area (Å²) >= 11 is 0. The molecule has 3 aliphatic rings. The molecule has 108 valence electrons. The van der Waals surface area contributed by atoms with Crippen LogP contribution in [0.25, 0.3) is 0 Å². The van der Waals surface area contributed by atoms with Gasteiger partial charge in [-0.25, -0.2) is 0 Å². The molecule has 1 unspecified atom stereocenters. The van der Waals surface area contributed by atoms with Gasteiger partial charge in [-0.15, -0.1) is 0 Å². The average Bonchev–Trinajstić information content (AvgIpc) is 2.99. The van der Waals surface area contributed by atoms with Crippen molar-refractivity contribution < 1.29 is 9.47 Å². The van der Waals surface area contributed by atoms with Crippen LogP contribution in [0, 0.1) is 5.92 Å². The zero-order valence-electron chi connectivity index (χ0n) is 12.0. The van der Waals surface area contributed by atoms with Crippen LogP contribution in [0.15, 0.2) is 4.99 Å². The van der Waals surface area contributed by atoms with Crippen molar-refractivity contribution in [2.45, 2.75) is 44.5 Å². The van der Waals surface area contributed by atoms with Crippen LogP contribution in [0.1, 0.15) is 32.6 Å². The average molecular weight is 267 g/mol. The molecule has 5 nitrogen and oxygen atoms in total. The van der Waals surface area contributed by atoms with E-state index in [4.69, 9.17) is 9.47 Å². The molecule has 5 heteroatoms. The Morgan fingerprint density at radius 1 is 1.42 bits per heavy atom. The van der Waals surface area contributed by atoms with Crippen LogP contribution in [0.2, 0.25) is 0 Å². The molecule has 3 rings (SSSR count). The lowest BCUT2D eigenvalue weighted by Crippen LogP contribution is -2.41. The largest absolute Gasteiger partial charge is 0.354 e. The van der Waals surface area contributed by atoms with Gasteiger partial charge in [-0.05, 0) is 18.8 Å². The molecule has 1 atom stereocenters. The van der Waals surface area contributed by atoms with Crippen molar-refractivity contribution in [1.82, 2.24) is 10.2 Å². The second-order valence-corrected chi connectivity index (χ2v) is 6.15. The van der Waals surface area contributed by atoms with Crippen LogP contribution in [-0.4, -0.2) is 56.0 Å². The molecule has 0 radical (unpaired) electrons. The van der Waals surface area contributed by atoms with E-state index in [9.17, 15) is 0 Å². The SMILES string of the molecule is CC1CCC2(CC1)OCC(CNC1=NCCN1C)O2. The van der Waals surface area contributed by atoms with Gasteiger partial charge in [-0.1, -0.05) is 6.92 Å². The molecule has 2 aliphatic heterocycles. The van der Waals surface area contributed by atoms with Crippen molar-refractivity contribution in [3.8, 4) is 0 Å². The van der Waals surface area contributed by atoms with Crippen molar-refractivity contribution in [1.29, 1.82) is 0 Å². The van der Waals surface area contributed by atoms with E-state index in [1.807, 2.05) is 0 Å². The summed E-state index contributed by atoms with van der Waals surface area (Å²) in [5, 5.41) is 3.37. The Balaban J connectivity index is 1.47. The smallest absolute Gasteiger partial charge is 0.193 e. The lowest BCUT2D eigenvalue weighted by molar-refractivity contribution is -0.191. The highest BCUT2D eigenvalue weighted by atomic mass is 16.7. The highest BCUT2D eigenvalue weighted by Gasteiger charge is 2.43. The number of guanidine groups is 1. The van der Waals surface area contributed by atoms with Gasteiger partial charge in [-0.3, -0.25) is 4.99 Å². The number of hydrogen-bond donors (Lipinski definition) is 1. The maximum atomic E-state index is 6.18. The van der Waals surface area contributed by atoms with Crippen molar-refractivity contribution in [2.24, 2.45) is 10.9 Å². The Kier molecular flexibility index (Phi) is 3.67. The molecule has 0 aromatic heterocycles. The van der Waals surface area contributed by atoms with Crippen LogP contribution >= 0.6 is 0 Å². The summed E-state index contributed by atoms with van der Waals surface area (Å²) in [5.74, 6) is 1.53. The van der Waals surface area contributed by atoms with Crippen molar-refractivity contribution >= 4 is 5.96 Å². The highest BCUT2D eigenvalue weighted by Crippen LogP contribution is 2.39. The summed E-state index contributed by atoms with van der Waals surface area (Å²) in [6.45, 7) is 5.71. The van der Waals surface area contributed by atoms with Crippen LogP contribution < -0.4 is 5.32 Å². The molecule has 1 spiro atoms. The topological polar surface area (TPSA) is 46.1 Å². The Hall–Kier alpha value is -0.810. The lowest BCUT2D eigenvalue weighted by atomic mass is 9.86. The Bertz CT molecular complexity index is 351. The third-order valence-corrected chi connectivity index (χ3v) is 4.50. The molecule has 19 heavy (non-hydrogen) atoms. The maximum absolute atomic E-state index is 6.18. The zero-order chi connectivity index (χ0) is 13.3. The zero-order valence-corrected chi connectivity index (χ0v) is 12.0. The summed E-state index contributed by atoms with van der Waals surface area (Å²) < 4.78 is 12.1. The van der Waals surface area contributed by atoms with E-state index >= 15 is 0 Å². The van der Waals surface area contributed by atoms with E-state index in [1.165, 1.54) is 12.8 Å². The van der Waals surface area contributed by atoms with Gasteiger partial charge in [0.25, 0.3) is 0 Å². The predicted molar refractivity (Wildman–Crippen MR) is 74.1 cm³/mol. The van der Waals surface area contributed by atoms with E-state index in [1.54, 1.807) is 0 Å². The maximum Gasteiger partial charge on any atom is 0.193 e. The van der Waals surface area contributed by atoms with Crippen LogP contribution in [0.5, 0.6) is 0 Å². The molecule has 1 aliphatic carbocycles. The molecule has 1 saturated heterocycles. The quantitative estimate of drug-likeness (QED) is 0.816. The summed E-state index contributed by atoms with van der Waals surface area (Å²) in [6, 6.07) is 0.